The molecule has 0 aliphatic heterocycles. The van der Waals surface area contributed by atoms with Gasteiger partial charge in [0.15, 0.2) is 5.82 Å². The summed E-state index contributed by atoms with van der Waals surface area (Å²) in [7, 11) is 1.71. The maximum atomic E-state index is 11.8. The molecule has 0 bridgehead atoms. The van der Waals surface area contributed by atoms with Crippen LogP contribution in [-0.2, 0) is 12.6 Å². The third-order valence-electron chi connectivity index (χ3n) is 3.40. The van der Waals surface area contributed by atoms with Crippen molar-refractivity contribution in [3.63, 3.8) is 0 Å². The number of urea groups is 1. The van der Waals surface area contributed by atoms with E-state index in [0.29, 0.717) is 12.4 Å². The van der Waals surface area contributed by atoms with Gasteiger partial charge >= 0.3 is 6.03 Å². The van der Waals surface area contributed by atoms with Gasteiger partial charge in [0.2, 0.25) is 0 Å². The Labute approximate surface area is 123 Å². The molecule has 1 aliphatic rings. The van der Waals surface area contributed by atoms with E-state index in [1.807, 2.05) is 10.9 Å². The van der Waals surface area contributed by atoms with Crippen molar-refractivity contribution in [2.45, 2.75) is 18.4 Å². The fourth-order valence-corrected chi connectivity index (χ4v) is 2.29. The molecule has 2 amide bonds. The lowest BCUT2D eigenvalue weighted by atomic mass is 10.3. The molecule has 1 saturated carbocycles. The summed E-state index contributed by atoms with van der Waals surface area (Å²) < 4.78 is 4.34. The predicted octanol–water partition coefficient (Wildman–Crippen LogP) is 1.08. The number of amides is 2. The highest BCUT2D eigenvalue weighted by molar-refractivity contribution is 9.10. The first-order valence-corrected chi connectivity index (χ1v) is 6.99. The van der Waals surface area contributed by atoms with Crippen LogP contribution in [0.4, 0.5) is 10.6 Å². The number of aryl methyl sites for hydroxylation is 1. The molecule has 2 heterocycles. The van der Waals surface area contributed by atoms with Gasteiger partial charge in [0.25, 0.3) is 0 Å². The molecule has 3 rings (SSSR count). The molecule has 1 aliphatic carbocycles. The summed E-state index contributed by atoms with van der Waals surface area (Å²) in [5.74, 6) is 0.550. The third-order valence-corrected chi connectivity index (χ3v) is 3.81. The van der Waals surface area contributed by atoms with Crippen LogP contribution in [0, 0.1) is 0 Å². The van der Waals surface area contributed by atoms with E-state index in [0.717, 1.165) is 17.3 Å². The quantitative estimate of drug-likeness (QED) is 0.872. The molecular weight excluding hydrogens is 326 g/mol. The Morgan fingerprint density at radius 3 is 2.85 bits per heavy atom. The Morgan fingerprint density at radius 1 is 1.50 bits per heavy atom. The van der Waals surface area contributed by atoms with E-state index in [2.05, 4.69) is 42.0 Å². The van der Waals surface area contributed by atoms with Gasteiger partial charge in [-0.2, -0.15) is 5.10 Å². The van der Waals surface area contributed by atoms with E-state index in [1.165, 1.54) is 10.9 Å². The lowest BCUT2D eigenvalue weighted by Crippen LogP contribution is -2.38. The van der Waals surface area contributed by atoms with Crippen molar-refractivity contribution in [2.75, 3.05) is 11.9 Å². The molecule has 0 atom stereocenters. The summed E-state index contributed by atoms with van der Waals surface area (Å²) in [5.41, 5.74) is -0.0892. The number of hydrogen-bond donors (Lipinski definition) is 2. The summed E-state index contributed by atoms with van der Waals surface area (Å²) in [6, 6.07) is -0.270. The highest BCUT2D eigenvalue weighted by atomic mass is 79.9. The number of nitrogens with one attached hydrogen (secondary N) is 2. The number of carbonyl (C=O) groups excluding carboxylic acids is 1. The molecule has 0 unspecified atom stereocenters. The zero-order valence-corrected chi connectivity index (χ0v) is 12.5. The maximum Gasteiger partial charge on any atom is 0.320 e. The average molecular weight is 340 g/mol. The molecule has 8 nitrogen and oxygen atoms in total. The van der Waals surface area contributed by atoms with E-state index in [-0.39, 0.29) is 11.6 Å². The van der Waals surface area contributed by atoms with E-state index in [9.17, 15) is 4.79 Å². The second-order valence-electron chi connectivity index (χ2n) is 4.88. The highest BCUT2D eigenvalue weighted by Crippen LogP contribution is 2.42. The van der Waals surface area contributed by atoms with Gasteiger partial charge in [-0.05, 0) is 28.8 Å². The lowest BCUT2D eigenvalue weighted by molar-refractivity contribution is 0.248. The first-order chi connectivity index (χ1) is 9.59. The van der Waals surface area contributed by atoms with Crippen LogP contribution in [0.25, 0.3) is 0 Å². The SMILES string of the molecule is Cn1nncc1NC(=O)NCC1(n2cc(Br)cn2)CC1. The van der Waals surface area contributed by atoms with Crippen LogP contribution in [0.3, 0.4) is 0 Å². The summed E-state index contributed by atoms with van der Waals surface area (Å²) >= 11 is 3.38. The zero-order chi connectivity index (χ0) is 14.2. The molecule has 2 aromatic rings. The Kier molecular flexibility index (Phi) is 3.20. The number of carbonyl (C=O) groups is 1. The molecule has 0 aromatic carbocycles. The van der Waals surface area contributed by atoms with E-state index >= 15 is 0 Å². The average Bonchev–Trinajstić information content (AvgIpc) is 2.92. The van der Waals surface area contributed by atoms with Gasteiger partial charge in [0.05, 0.1) is 22.4 Å². The number of halogens is 1. The van der Waals surface area contributed by atoms with Crippen molar-refractivity contribution < 1.29 is 4.79 Å². The first kappa shape index (κ1) is 13.1. The summed E-state index contributed by atoms with van der Waals surface area (Å²) in [6.45, 7) is 0.540. The molecule has 0 spiro atoms. The van der Waals surface area contributed by atoms with Gasteiger partial charge < -0.3 is 5.32 Å². The number of hydrogen-bond acceptors (Lipinski definition) is 4. The minimum atomic E-state index is -0.270. The molecule has 2 aromatic heterocycles. The molecule has 1 fully saturated rings. The van der Waals surface area contributed by atoms with Crippen molar-refractivity contribution in [1.82, 2.24) is 30.1 Å². The van der Waals surface area contributed by atoms with Gasteiger partial charge in [-0.15, -0.1) is 5.10 Å². The van der Waals surface area contributed by atoms with Crippen LogP contribution in [0.15, 0.2) is 23.1 Å². The van der Waals surface area contributed by atoms with Crippen LogP contribution < -0.4 is 10.6 Å². The Bertz CT molecular complexity index is 630. The van der Waals surface area contributed by atoms with Crippen LogP contribution in [0.5, 0.6) is 0 Å². The number of nitrogens with zero attached hydrogens (tertiary/aromatic N) is 5. The fraction of sp³-hybridized carbons (Fsp3) is 0.455. The first-order valence-electron chi connectivity index (χ1n) is 6.19. The normalized spacial score (nSPS) is 15.9. The van der Waals surface area contributed by atoms with Crippen LogP contribution >= 0.6 is 15.9 Å². The van der Waals surface area contributed by atoms with Crippen molar-refractivity contribution in [3.05, 3.63) is 23.1 Å². The summed E-state index contributed by atoms with van der Waals surface area (Å²) in [6.07, 6.45) is 7.19. The Balaban J connectivity index is 1.57. The topological polar surface area (TPSA) is 89.7 Å². The predicted molar refractivity (Wildman–Crippen MR) is 75.2 cm³/mol. The Hall–Kier alpha value is -1.90. The van der Waals surface area contributed by atoms with E-state index in [4.69, 9.17) is 0 Å². The molecule has 20 heavy (non-hydrogen) atoms. The Morgan fingerprint density at radius 2 is 2.30 bits per heavy atom. The van der Waals surface area contributed by atoms with Gasteiger partial charge in [0, 0.05) is 19.8 Å². The minimum Gasteiger partial charge on any atom is -0.335 e. The van der Waals surface area contributed by atoms with Crippen LogP contribution in [0.1, 0.15) is 12.8 Å². The smallest absolute Gasteiger partial charge is 0.320 e. The molecule has 9 heteroatoms. The third kappa shape index (κ3) is 2.53. The number of anilines is 1. The van der Waals surface area contributed by atoms with Crippen molar-refractivity contribution in [2.24, 2.45) is 7.05 Å². The second-order valence-corrected chi connectivity index (χ2v) is 5.79. The van der Waals surface area contributed by atoms with Gasteiger partial charge in [-0.1, -0.05) is 5.21 Å². The van der Waals surface area contributed by atoms with Crippen LogP contribution in [-0.4, -0.2) is 37.4 Å². The molecule has 2 N–H and O–H groups in total. The van der Waals surface area contributed by atoms with Crippen LogP contribution in [0.2, 0.25) is 0 Å². The summed E-state index contributed by atoms with van der Waals surface area (Å²) in [4.78, 5) is 11.8. The number of rotatable bonds is 4. The van der Waals surface area contributed by atoms with E-state index < -0.39 is 0 Å². The lowest BCUT2D eigenvalue weighted by Gasteiger charge is -2.17. The molecule has 0 saturated heterocycles. The maximum absolute atomic E-state index is 11.8. The standard InChI is InChI=1S/C11H14BrN7O/c1-18-9(5-14-17-18)16-10(20)13-7-11(2-3-11)19-6-8(12)4-15-19/h4-6H,2-3,7H2,1H3,(H2,13,16,20). The zero-order valence-electron chi connectivity index (χ0n) is 10.9. The largest absolute Gasteiger partial charge is 0.335 e. The van der Waals surface area contributed by atoms with Crippen molar-refractivity contribution in [1.29, 1.82) is 0 Å². The van der Waals surface area contributed by atoms with Crippen molar-refractivity contribution >= 4 is 27.8 Å². The van der Waals surface area contributed by atoms with Crippen molar-refractivity contribution in [3.8, 4) is 0 Å². The highest BCUT2D eigenvalue weighted by Gasteiger charge is 2.45. The second kappa shape index (κ2) is 4.89. The van der Waals surface area contributed by atoms with Gasteiger partial charge in [-0.3, -0.25) is 10.00 Å². The van der Waals surface area contributed by atoms with E-state index in [1.54, 1.807) is 13.2 Å². The molecular formula is C11H14BrN7O. The molecule has 0 radical (unpaired) electrons. The number of aromatic nitrogens is 5. The fourth-order valence-electron chi connectivity index (χ4n) is 2.00. The minimum absolute atomic E-state index is 0.0892. The molecule has 106 valence electrons. The monoisotopic (exact) mass is 339 g/mol. The van der Waals surface area contributed by atoms with Gasteiger partial charge in [-0.25, -0.2) is 9.48 Å². The van der Waals surface area contributed by atoms with Gasteiger partial charge in [0.1, 0.15) is 0 Å². The summed E-state index contributed by atoms with van der Waals surface area (Å²) in [5, 5.41) is 17.3.